The van der Waals surface area contributed by atoms with E-state index >= 15 is 0 Å². The molecule has 2 heterocycles. The van der Waals surface area contributed by atoms with Crippen LogP contribution in [0.2, 0.25) is 0 Å². The molecule has 11 heteroatoms. The largest absolute Gasteiger partial charge is 0.462 e. The van der Waals surface area contributed by atoms with Crippen LogP contribution in [0.1, 0.15) is 43.6 Å². The molecular formula is C25H26N2O7S2. The van der Waals surface area contributed by atoms with Crippen molar-refractivity contribution in [1.29, 1.82) is 0 Å². The topological polar surface area (TPSA) is 111 Å². The third kappa shape index (κ3) is 5.08. The Morgan fingerprint density at radius 2 is 1.78 bits per heavy atom. The van der Waals surface area contributed by atoms with Crippen molar-refractivity contribution in [3.8, 4) is 11.5 Å². The minimum atomic E-state index is -3.61. The van der Waals surface area contributed by atoms with Crippen LogP contribution in [-0.2, 0) is 21.2 Å². The van der Waals surface area contributed by atoms with Crippen LogP contribution in [0.25, 0.3) is 0 Å². The van der Waals surface area contributed by atoms with Crippen LogP contribution < -0.4 is 14.8 Å². The Bertz CT molecular complexity index is 1410. The number of sulfonamides is 1. The molecule has 0 spiro atoms. The van der Waals surface area contributed by atoms with Gasteiger partial charge in [0.25, 0.3) is 5.91 Å². The van der Waals surface area contributed by atoms with Gasteiger partial charge >= 0.3 is 5.97 Å². The maximum Gasteiger partial charge on any atom is 0.341 e. The molecule has 4 rings (SSSR count). The number of fused-ring (bicyclic) bond motifs is 1. The van der Waals surface area contributed by atoms with Crippen LogP contribution in [-0.4, -0.2) is 52.1 Å². The Morgan fingerprint density at radius 1 is 1.08 bits per heavy atom. The molecule has 36 heavy (non-hydrogen) atoms. The van der Waals surface area contributed by atoms with Gasteiger partial charge < -0.3 is 19.5 Å². The number of ether oxygens (including phenoxy) is 3. The molecule has 0 bridgehead atoms. The van der Waals surface area contributed by atoms with Gasteiger partial charge in [-0.05, 0) is 61.4 Å². The van der Waals surface area contributed by atoms with E-state index in [-0.39, 0.29) is 23.9 Å². The lowest BCUT2D eigenvalue weighted by molar-refractivity contribution is 0.0527. The van der Waals surface area contributed by atoms with Gasteiger partial charge in [-0.3, -0.25) is 4.79 Å². The lowest BCUT2D eigenvalue weighted by atomic mass is 10.1. The van der Waals surface area contributed by atoms with E-state index in [1.54, 1.807) is 6.92 Å². The predicted octanol–water partition coefficient (Wildman–Crippen LogP) is 4.06. The number of rotatable bonds is 8. The fourth-order valence-corrected chi connectivity index (χ4v) is 5.79. The summed E-state index contributed by atoms with van der Waals surface area (Å²) < 4.78 is 41.8. The second-order valence-electron chi connectivity index (χ2n) is 8.21. The van der Waals surface area contributed by atoms with Gasteiger partial charge in [0.2, 0.25) is 16.8 Å². The number of carbonyl (C=O) groups excluding carboxylic acids is 2. The molecule has 9 nitrogen and oxygen atoms in total. The van der Waals surface area contributed by atoms with E-state index in [0.717, 1.165) is 20.3 Å². The first-order chi connectivity index (χ1) is 17.1. The molecule has 1 aromatic heterocycles. The highest BCUT2D eigenvalue weighted by molar-refractivity contribution is 7.89. The quantitative estimate of drug-likeness (QED) is 0.437. The third-order valence-electron chi connectivity index (χ3n) is 5.65. The Morgan fingerprint density at radius 3 is 2.44 bits per heavy atom. The average Bonchev–Trinajstić information content (AvgIpc) is 3.43. The van der Waals surface area contributed by atoms with Gasteiger partial charge in [-0.2, -0.15) is 0 Å². The molecule has 3 aromatic rings. The van der Waals surface area contributed by atoms with Gasteiger partial charge in [0.15, 0.2) is 11.5 Å². The van der Waals surface area contributed by atoms with Crippen LogP contribution in [0.4, 0.5) is 5.00 Å². The molecule has 1 aliphatic rings. The first kappa shape index (κ1) is 25.7. The number of benzene rings is 2. The van der Waals surface area contributed by atoms with Crippen molar-refractivity contribution >= 4 is 38.2 Å². The smallest absolute Gasteiger partial charge is 0.341 e. The van der Waals surface area contributed by atoms with Crippen molar-refractivity contribution < 1.29 is 32.2 Å². The van der Waals surface area contributed by atoms with Gasteiger partial charge in [0.05, 0.1) is 17.1 Å². The van der Waals surface area contributed by atoms with Crippen LogP contribution in [0.3, 0.4) is 0 Å². The summed E-state index contributed by atoms with van der Waals surface area (Å²) >= 11 is 1.30. The number of hydrogen-bond donors (Lipinski definition) is 1. The van der Waals surface area contributed by atoms with Crippen molar-refractivity contribution in [1.82, 2.24) is 4.31 Å². The van der Waals surface area contributed by atoms with Crippen LogP contribution in [0, 0.1) is 6.92 Å². The van der Waals surface area contributed by atoms with E-state index in [4.69, 9.17) is 14.2 Å². The van der Waals surface area contributed by atoms with E-state index in [1.807, 2.05) is 25.1 Å². The minimum absolute atomic E-state index is 0.0780. The van der Waals surface area contributed by atoms with Crippen molar-refractivity contribution in [3.05, 3.63) is 69.6 Å². The number of nitrogens with one attached hydrogen (secondary N) is 1. The van der Waals surface area contributed by atoms with Gasteiger partial charge in [-0.25, -0.2) is 17.5 Å². The number of carbonyl (C=O) groups is 2. The first-order valence-corrected chi connectivity index (χ1v) is 13.4. The normalized spacial score (nSPS) is 12.6. The number of amides is 1. The summed E-state index contributed by atoms with van der Waals surface area (Å²) in [6, 6.07) is 11.3. The molecule has 0 atom stereocenters. The van der Waals surface area contributed by atoms with Crippen molar-refractivity contribution in [2.45, 2.75) is 25.2 Å². The SMILES string of the molecule is CCOC(=O)c1c(NC(=O)c2ccc(S(=O)(=O)N(C)C)cc2)sc(Cc2ccc3c(c2)OCO3)c1C. The zero-order valence-electron chi connectivity index (χ0n) is 20.3. The lowest BCUT2D eigenvalue weighted by Crippen LogP contribution is -2.22. The third-order valence-corrected chi connectivity index (χ3v) is 8.69. The summed E-state index contributed by atoms with van der Waals surface area (Å²) in [4.78, 5) is 26.7. The average molecular weight is 531 g/mol. The molecule has 0 saturated heterocycles. The van der Waals surface area contributed by atoms with E-state index in [0.29, 0.717) is 28.5 Å². The van der Waals surface area contributed by atoms with Gasteiger partial charge in [-0.15, -0.1) is 11.3 Å². The highest BCUT2D eigenvalue weighted by atomic mass is 32.2. The maximum absolute atomic E-state index is 13.0. The summed E-state index contributed by atoms with van der Waals surface area (Å²) in [5, 5.41) is 3.18. The monoisotopic (exact) mass is 530 g/mol. The van der Waals surface area contributed by atoms with E-state index in [9.17, 15) is 18.0 Å². The molecule has 0 saturated carbocycles. The molecule has 1 N–H and O–H groups in total. The van der Waals surface area contributed by atoms with E-state index in [2.05, 4.69) is 5.32 Å². The second-order valence-corrected chi connectivity index (χ2v) is 11.5. The number of esters is 1. The second kappa shape index (κ2) is 10.3. The van der Waals surface area contributed by atoms with Crippen molar-refractivity contribution in [2.24, 2.45) is 0 Å². The molecule has 0 radical (unpaired) electrons. The standard InChI is InChI=1S/C25H26N2O7S2/c1-5-32-25(29)22-15(2)21(13-16-6-11-19-20(12-16)34-14-33-19)35-24(22)26-23(28)17-7-9-18(10-8-17)36(30,31)27(3)4/h6-12H,5,13-14H2,1-4H3,(H,26,28). The molecule has 190 valence electrons. The Labute approximate surface area is 213 Å². The fourth-order valence-electron chi connectivity index (χ4n) is 3.67. The van der Waals surface area contributed by atoms with Crippen molar-refractivity contribution in [3.63, 3.8) is 0 Å². The number of nitrogens with zero attached hydrogens (tertiary/aromatic N) is 1. The van der Waals surface area contributed by atoms with Crippen LogP contribution >= 0.6 is 11.3 Å². The van der Waals surface area contributed by atoms with Crippen LogP contribution in [0.15, 0.2) is 47.4 Å². The summed E-state index contributed by atoms with van der Waals surface area (Å²) in [6.07, 6.45) is 0.520. The van der Waals surface area contributed by atoms with Gasteiger partial charge in [-0.1, -0.05) is 6.07 Å². The first-order valence-electron chi connectivity index (χ1n) is 11.1. The van der Waals surface area contributed by atoms with Crippen molar-refractivity contribution in [2.75, 3.05) is 32.8 Å². The maximum atomic E-state index is 13.0. The number of thiophene rings is 1. The molecule has 1 amide bonds. The fraction of sp³-hybridized carbons (Fsp3) is 0.280. The van der Waals surface area contributed by atoms with E-state index in [1.165, 1.54) is 49.7 Å². The summed E-state index contributed by atoms with van der Waals surface area (Å²) in [6.45, 7) is 3.92. The predicted molar refractivity (Wildman–Crippen MR) is 136 cm³/mol. The number of anilines is 1. The molecular weight excluding hydrogens is 504 g/mol. The summed E-state index contributed by atoms with van der Waals surface area (Å²) in [5.41, 5.74) is 2.25. The minimum Gasteiger partial charge on any atom is -0.462 e. The molecule has 0 aliphatic carbocycles. The molecule has 1 aliphatic heterocycles. The zero-order chi connectivity index (χ0) is 26.0. The van der Waals surface area contributed by atoms with Crippen LogP contribution in [0.5, 0.6) is 11.5 Å². The number of hydrogen-bond acceptors (Lipinski definition) is 8. The highest BCUT2D eigenvalue weighted by Gasteiger charge is 2.25. The lowest BCUT2D eigenvalue weighted by Gasteiger charge is -2.11. The summed E-state index contributed by atoms with van der Waals surface area (Å²) in [7, 11) is -0.737. The molecule has 0 fully saturated rings. The van der Waals surface area contributed by atoms with Gasteiger partial charge in [0, 0.05) is 31.0 Å². The highest BCUT2D eigenvalue weighted by Crippen LogP contribution is 2.38. The zero-order valence-corrected chi connectivity index (χ0v) is 21.9. The Balaban J connectivity index is 1.61. The summed E-state index contributed by atoms with van der Waals surface area (Å²) in [5.74, 6) is 0.364. The van der Waals surface area contributed by atoms with E-state index < -0.39 is 21.9 Å². The Hall–Kier alpha value is -3.41. The van der Waals surface area contributed by atoms with Gasteiger partial charge in [0.1, 0.15) is 5.00 Å². The molecule has 0 unspecified atom stereocenters. The molecule has 2 aromatic carbocycles. The Kier molecular flexibility index (Phi) is 7.34.